The maximum absolute atomic E-state index is 13.1. The van der Waals surface area contributed by atoms with Gasteiger partial charge in [-0.3, -0.25) is 10.00 Å². The van der Waals surface area contributed by atoms with Gasteiger partial charge in [0.2, 0.25) is 0 Å². The number of aromatic amines is 1. The SMILES string of the molecule is COC1(C(F)(F)F)CCN(Cc2n[nH]c3c2CCC3)C1. The monoisotopic (exact) mass is 289 g/mol. The Morgan fingerprint density at radius 3 is 2.85 bits per heavy atom. The van der Waals surface area contributed by atoms with Crippen molar-refractivity contribution in [3.05, 3.63) is 17.0 Å². The lowest BCUT2D eigenvalue weighted by Crippen LogP contribution is -2.49. The summed E-state index contributed by atoms with van der Waals surface area (Å²) in [4.78, 5) is 1.78. The lowest BCUT2D eigenvalue weighted by molar-refractivity contribution is -0.264. The summed E-state index contributed by atoms with van der Waals surface area (Å²) in [6, 6.07) is 0. The molecule has 2 aliphatic rings. The summed E-state index contributed by atoms with van der Waals surface area (Å²) in [5.74, 6) is 0. The fourth-order valence-corrected chi connectivity index (χ4v) is 3.24. The van der Waals surface area contributed by atoms with Crippen molar-refractivity contribution < 1.29 is 17.9 Å². The third kappa shape index (κ3) is 2.13. The van der Waals surface area contributed by atoms with Gasteiger partial charge in [0.25, 0.3) is 0 Å². The highest BCUT2D eigenvalue weighted by Crippen LogP contribution is 2.40. The first kappa shape index (κ1) is 13.9. The van der Waals surface area contributed by atoms with Crippen LogP contribution in [0.1, 0.15) is 29.8 Å². The maximum atomic E-state index is 13.1. The number of hydrogen-bond donors (Lipinski definition) is 1. The van der Waals surface area contributed by atoms with Gasteiger partial charge in [-0.15, -0.1) is 0 Å². The zero-order chi connectivity index (χ0) is 14.4. The zero-order valence-corrected chi connectivity index (χ0v) is 11.4. The molecule has 112 valence electrons. The van der Waals surface area contributed by atoms with Crippen molar-refractivity contribution >= 4 is 0 Å². The summed E-state index contributed by atoms with van der Waals surface area (Å²) in [6.45, 7) is 0.733. The predicted molar refractivity (Wildman–Crippen MR) is 66.3 cm³/mol. The van der Waals surface area contributed by atoms with Crippen LogP contribution >= 0.6 is 0 Å². The normalized spacial score (nSPS) is 27.2. The molecule has 0 bridgehead atoms. The zero-order valence-electron chi connectivity index (χ0n) is 11.4. The van der Waals surface area contributed by atoms with E-state index in [4.69, 9.17) is 4.74 Å². The molecule has 7 heteroatoms. The largest absolute Gasteiger partial charge is 0.418 e. The first-order valence-electron chi connectivity index (χ1n) is 6.84. The highest BCUT2D eigenvalue weighted by Gasteiger charge is 2.58. The molecule has 1 saturated heterocycles. The average molecular weight is 289 g/mol. The molecule has 1 aliphatic heterocycles. The molecular weight excluding hydrogens is 271 g/mol. The third-order valence-corrected chi connectivity index (χ3v) is 4.48. The Bertz CT molecular complexity index is 500. The summed E-state index contributed by atoms with van der Waals surface area (Å²) < 4.78 is 44.2. The third-order valence-electron chi connectivity index (χ3n) is 4.48. The standard InChI is InChI=1S/C13H18F3N3O/c1-20-12(13(14,15)16)5-6-19(8-12)7-11-9-3-2-4-10(9)17-18-11/h2-8H2,1H3,(H,17,18). The number of nitrogens with one attached hydrogen (secondary N) is 1. The van der Waals surface area contributed by atoms with Gasteiger partial charge >= 0.3 is 6.18 Å². The van der Waals surface area contributed by atoms with Gasteiger partial charge in [-0.2, -0.15) is 18.3 Å². The van der Waals surface area contributed by atoms with Crippen LogP contribution in [-0.4, -0.2) is 47.1 Å². The van der Waals surface area contributed by atoms with Crippen molar-refractivity contribution in [1.29, 1.82) is 0 Å². The Hall–Kier alpha value is -1.08. The summed E-state index contributed by atoms with van der Waals surface area (Å²) in [6.07, 6.45) is -1.28. The number of hydrogen-bond acceptors (Lipinski definition) is 3. The fourth-order valence-electron chi connectivity index (χ4n) is 3.24. The van der Waals surface area contributed by atoms with Gasteiger partial charge in [0.15, 0.2) is 5.60 Å². The topological polar surface area (TPSA) is 41.1 Å². The Labute approximate surface area is 115 Å². The number of likely N-dealkylation sites (tertiary alicyclic amines) is 1. The van der Waals surface area contributed by atoms with E-state index in [1.807, 2.05) is 0 Å². The number of aryl methyl sites for hydroxylation is 1. The molecule has 0 amide bonds. The molecule has 1 aromatic rings. The molecule has 3 rings (SSSR count). The van der Waals surface area contributed by atoms with Crippen molar-refractivity contribution in [3.8, 4) is 0 Å². The number of aromatic nitrogens is 2. The molecule has 1 N–H and O–H groups in total. The molecule has 0 radical (unpaired) electrons. The second-order valence-corrected chi connectivity index (χ2v) is 5.64. The van der Waals surface area contributed by atoms with Gasteiger partial charge in [-0.1, -0.05) is 0 Å². The summed E-state index contributed by atoms with van der Waals surface area (Å²) in [5.41, 5.74) is 1.22. The number of nitrogens with zero attached hydrogens (tertiary/aromatic N) is 2. The van der Waals surface area contributed by atoms with Crippen LogP contribution in [0.5, 0.6) is 0 Å². The predicted octanol–water partition coefficient (Wildman–Crippen LogP) is 2.05. The van der Waals surface area contributed by atoms with E-state index in [0.29, 0.717) is 13.1 Å². The van der Waals surface area contributed by atoms with Crippen LogP contribution in [0.25, 0.3) is 0 Å². The molecule has 4 nitrogen and oxygen atoms in total. The molecule has 1 unspecified atom stereocenters. The Morgan fingerprint density at radius 1 is 1.40 bits per heavy atom. The van der Waals surface area contributed by atoms with Crippen LogP contribution in [0.4, 0.5) is 13.2 Å². The number of alkyl halides is 3. The minimum atomic E-state index is -4.33. The van der Waals surface area contributed by atoms with Crippen LogP contribution in [-0.2, 0) is 24.1 Å². The lowest BCUT2D eigenvalue weighted by Gasteiger charge is -2.30. The minimum absolute atomic E-state index is 0.0143. The van der Waals surface area contributed by atoms with Gasteiger partial charge in [-0.05, 0) is 31.2 Å². The van der Waals surface area contributed by atoms with Gasteiger partial charge in [0.05, 0.1) is 5.69 Å². The van der Waals surface area contributed by atoms with Crippen LogP contribution in [0.2, 0.25) is 0 Å². The minimum Gasteiger partial charge on any atom is -0.367 e. The molecule has 1 fully saturated rings. The van der Waals surface area contributed by atoms with E-state index in [0.717, 1.165) is 37.8 Å². The smallest absolute Gasteiger partial charge is 0.367 e. The van der Waals surface area contributed by atoms with E-state index >= 15 is 0 Å². The summed E-state index contributed by atoms with van der Waals surface area (Å²) >= 11 is 0. The van der Waals surface area contributed by atoms with Gasteiger partial charge in [-0.25, -0.2) is 0 Å². The van der Waals surface area contributed by atoms with Crippen LogP contribution in [0, 0.1) is 0 Å². The summed E-state index contributed by atoms with van der Waals surface area (Å²) in [5, 5.41) is 7.24. The van der Waals surface area contributed by atoms with E-state index in [1.165, 1.54) is 5.56 Å². The molecule has 20 heavy (non-hydrogen) atoms. The van der Waals surface area contributed by atoms with Crippen LogP contribution in [0.15, 0.2) is 0 Å². The molecular formula is C13H18F3N3O. The van der Waals surface area contributed by atoms with E-state index in [2.05, 4.69) is 10.2 Å². The van der Waals surface area contributed by atoms with Crippen molar-refractivity contribution in [1.82, 2.24) is 15.1 Å². The van der Waals surface area contributed by atoms with Gasteiger partial charge in [0, 0.05) is 32.4 Å². The average Bonchev–Trinajstić information content (AvgIpc) is 3.06. The van der Waals surface area contributed by atoms with E-state index in [-0.39, 0.29) is 13.0 Å². The second kappa shape index (κ2) is 4.73. The quantitative estimate of drug-likeness (QED) is 0.926. The number of fused-ring (bicyclic) bond motifs is 1. The Morgan fingerprint density at radius 2 is 2.20 bits per heavy atom. The van der Waals surface area contributed by atoms with Gasteiger partial charge in [0.1, 0.15) is 0 Å². The first-order valence-corrected chi connectivity index (χ1v) is 6.84. The highest BCUT2D eigenvalue weighted by atomic mass is 19.4. The number of H-pyrrole nitrogens is 1. The Kier molecular flexibility index (Phi) is 3.29. The number of rotatable bonds is 3. The van der Waals surface area contributed by atoms with Crippen molar-refractivity contribution in [2.75, 3.05) is 20.2 Å². The van der Waals surface area contributed by atoms with E-state index in [9.17, 15) is 13.2 Å². The number of halogens is 3. The highest BCUT2D eigenvalue weighted by molar-refractivity contribution is 5.29. The molecule has 0 aromatic carbocycles. The maximum Gasteiger partial charge on any atom is 0.418 e. The summed E-state index contributed by atoms with van der Waals surface area (Å²) in [7, 11) is 1.14. The van der Waals surface area contributed by atoms with E-state index in [1.54, 1.807) is 4.90 Å². The Balaban J connectivity index is 1.71. The van der Waals surface area contributed by atoms with E-state index < -0.39 is 11.8 Å². The van der Waals surface area contributed by atoms with Crippen molar-refractivity contribution in [2.45, 2.75) is 44.0 Å². The van der Waals surface area contributed by atoms with Gasteiger partial charge < -0.3 is 4.74 Å². The molecule has 0 spiro atoms. The number of ether oxygens (including phenoxy) is 1. The molecule has 1 atom stereocenters. The van der Waals surface area contributed by atoms with Crippen LogP contribution < -0.4 is 0 Å². The molecule has 2 heterocycles. The molecule has 1 aliphatic carbocycles. The van der Waals surface area contributed by atoms with Crippen molar-refractivity contribution in [3.63, 3.8) is 0 Å². The molecule has 1 aromatic heterocycles. The lowest BCUT2D eigenvalue weighted by atomic mass is 10.0. The molecule has 0 saturated carbocycles. The van der Waals surface area contributed by atoms with Crippen LogP contribution in [0.3, 0.4) is 0 Å². The first-order chi connectivity index (χ1) is 9.45. The van der Waals surface area contributed by atoms with Crippen molar-refractivity contribution in [2.24, 2.45) is 0 Å². The number of methoxy groups -OCH3 is 1. The fraction of sp³-hybridized carbons (Fsp3) is 0.769. The second-order valence-electron chi connectivity index (χ2n) is 5.64.